The normalized spacial score (nSPS) is 21.5. The first-order valence-electron chi connectivity index (χ1n) is 8.18. The van der Waals surface area contributed by atoms with Crippen molar-refractivity contribution in [1.29, 1.82) is 0 Å². The Morgan fingerprint density at radius 1 is 1.22 bits per heavy atom. The third-order valence-corrected chi connectivity index (χ3v) is 4.59. The molecule has 1 aromatic carbocycles. The van der Waals surface area contributed by atoms with Crippen LogP contribution in [0, 0.1) is 5.92 Å². The molecule has 1 amide bonds. The van der Waals surface area contributed by atoms with Gasteiger partial charge in [-0.2, -0.15) is 0 Å². The van der Waals surface area contributed by atoms with E-state index in [2.05, 4.69) is 10.6 Å². The molecule has 1 unspecified atom stereocenters. The minimum Gasteiger partial charge on any atom is -0.497 e. The number of carbonyl (C=O) groups excluding carboxylic acids is 1. The molecule has 1 atom stereocenters. The SMILES string of the molecule is COc1cc(NC2CCCN(C(=O)C3CNC3)C2)cc(OC)c1. The van der Waals surface area contributed by atoms with E-state index in [0.717, 1.165) is 56.2 Å². The van der Waals surface area contributed by atoms with Gasteiger partial charge in [0.1, 0.15) is 11.5 Å². The van der Waals surface area contributed by atoms with Crippen LogP contribution in [0.3, 0.4) is 0 Å². The number of ether oxygens (including phenoxy) is 2. The summed E-state index contributed by atoms with van der Waals surface area (Å²) >= 11 is 0. The molecule has 2 saturated heterocycles. The fraction of sp³-hybridized carbons (Fsp3) is 0.588. The van der Waals surface area contributed by atoms with Gasteiger partial charge in [-0.05, 0) is 12.8 Å². The first-order chi connectivity index (χ1) is 11.2. The van der Waals surface area contributed by atoms with Gasteiger partial charge in [-0.25, -0.2) is 0 Å². The Bertz CT molecular complexity index is 538. The summed E-state index contributed by atoms with van der Waals surface area (Å²) in [6.45, 7) is 3.27. The zero-order valence-corrected chi connectivity index (χ0v) is 13.8. The highest BCUT2D eigenvalue weighted by Gasteiger charge is 2.32. The topological polar surface area (TPSA) is 62.8 Å². The van der Waals surface area contributed by atoms with E-state index in [1.165, 1.54) is 0 Å². The summed E-state index contributed by atoms with van der Waals surface area (Å²) in [5, 5.41) is 6.69. The molecule has 2 aliphatic heterocycles. The molecule has 2 N–H and O–H groups in total. The van der Waals surface area contributed by atoms with E-state index in [1.807, 2.05) is 23.1 Å². The third-order valence-electron chi connectivity index (χ3n) is 4.59. The summed E-state index contributed by atoms with van der Waals surface area (Å²) in [4.78, 5) is 14.4. The van der Waals surface area contributed by atoms with Gasteiger partial charge in [0.25, 0.3) is 0 Å². The van der Waals surface area contributed by atoms with Gasteiger partial charge in [-0.15, -0.1) is 0 Å². The van der Waals surface area contributed by atoms with E-state index in [4.69, 9.17) is 9.47 Å². The summed E-state index contributed by atoms with van der Waals surface area (Å²) in [7, 11) is 3.29. The van der Waals surface area contributed by atoms with E-state index >= 15 is 0 Å². The largest absolute Gasteiger partial charge is 0.497 e. The third kappa shape index (κ3) is 3.69. The average molecular weight is 319 g/mol. The van der Waals surface area contributed by atoms with E-state index in [9.17, 15) is 4.79 Å². The molecule has 23 heavy (non-hydrogen) atoms. The van der Waals surface area contributed by atoms with Crippen LogP contribution in [0.2, 0.25) is 0 Å². The summed E-state index contributed by atoms with van der Waals surface area (Å²) in [5.74, 6) is 1.98. The van der Waals surface area contributed by atoms with Gasteiger partial charge in [0, 0.05) is 56.1 Å². The highest BCUT2D eigenvalue weighted by Crippen LogP contribution is 2.27. The van der Waals surface area contributed by atoms with Gasteiger partial charge >= 0.3 is 0 Å². The van der Waals surface area contributed by atoms with Crippen LogP contribution >= 0.6 is 0 Å². The van der Waals surface area contributed by atoms with Crippen molar-refractivity contribution in [3.63, 3.8) is 0 Å². The van der Waals surface area contributed by atoms with Crippen molar-refractivity contribution in [1.82, 2.24) is 10.2 Å². The standard InChI is InChI=1S/C17H25N3O3/c1-22-15-6-14(7-16(8-15)23-2)19-13-4-3-5-20(11-13)17(21)12-9-18-10-12/h6-8,12-13,18-19H,3-5,9-11H2,1-2H3. The number of piperidine rings is 1. The molecule has 0 bridgehead atoms. The number of hydrogen-bond donors (Lipinski definition) is 2. The molecule has 6 nitrogen and oxygen atoms in total. The fourth-order valence-electron chi connectivity index (χ4n) is 3.14. The smallest absolute Gasteiger partial charge is 0.228 e. The van der Waals surface area contributed by atoms with Crippen molar-refractivity contribution in [2.24, 2.45) is 5.92 Å². The molecular weight excluding hydrogens is 294 g/mol. The Morgan fingerprint density at radius 3 is 2.48 bits per heavy atom. The molecule has 0 saturated carbocycles. The zero-order valence-electron chi connectivity index (χ0n) is 13.8. The first-order valence-corrected chi connectivity index (χ1v) is 8.18. The molecule has 2 fully saturated rings. The van der Waals surface area contributed by atoms with Crippen LogP contribution in [0.1, 0.15) is 12.8 Å². The van der Waals surface area contributed by atoms with Crippen molar-refractivity contribution in [2.45, 2.75) is 18.9 Å². The predicted molar refractivity (Wildman–Crippen MR) is 89.1 cm³/mol. The second-order valence-corrected chi connectivity index (χ2v) is 6.22. The number of benzene rings is 1. The van der Waals surface area contributed by atoms with Crippen LogP contribution < -0.4 is 20.1 Å². The highest BCUT2D eigenvalue weighted by atomic mass is 16.5. The van der Waals surface area contributed by atoms with Gasteiger partial charge in [0.15, 0.2) is 0 Å². The van der Waals surface area contributed by atoms with Gasteiger partial charge in [0.05, 0.1) is 20.1 Å². The monoisotopic (exact) mass is 319 g/mol. The number of rotatable bonds is 5. The van der Waals surface area contributed by atoms with Gasteiger partial charge < -0.3 is 25.0 Å². The maximum atomic E-state index is 12.4. The molecule has 0 aliphatic carbocycles. The highest BCUT2D eigenvalue weighted by molar-refractivity contribution is 5.80. The lowest BCUT2D eigenvalue weighted by atomic mass is 9.98. The van der Waals surface area contributed by atoms with Gasteiger partial charge in [0.2, 0.25) is 5.91 Å². The van der Waals surface area contributed by atoms with Crippen LogP contribution in [0.25, 0.3) is 0 Å². The molecule has 2 heterocycles. The molecule has 0 radical (unpaired) electrons. The predicted octanol–water partition coefficient (Wildman–Crippen LogP) is 1.33. The Balaban J connectivity index is 1.64. The minimum atomic E-state index is 0.172. The Kier molecular flexibility index (Phi) is 4.91. The van der Waals surface area contributed by atoms with Crippen molar-refractivity contribution in [3.8, 4) is 11.5 Å². The molecule has 0 aromatic heterocycles. The minimum absolute atomic E-state index is 0.172. The van der Waals surface area contributed by atoms with Gasteiger partial charge in [-0.3, -0.25) is 4.79 Å². The van der Waals surface area contributed by atoms with Crippen molar-refractivity contribution in [2.75, 3.05) is 45.7 Å². The van der Waals surface area contributed by atoms with Crippen molar-refractivity contribution < 1.29 is 14.3 Å². The summed E-state index contributed by atoms with van der Waals surface area (Å²) in [6, 6.07) is 6.03. The molecule has 6 heteroatoms. The van der Waals surface area contributed by atoms with Crippen LogP contribution in [0.4, 0.5) is 5.69 Å². The number of anilines is 1. The number of methoxy groups -OCH3 is 2. The number of nitrogens with zero attached hydrogens (tertiary/aromatic N) is 1. The van der Waals surface area contributed by atoms with E-state index in [-0.39, 0.29) is 12.0 Å². The summed E-state index contributed by atoms with van der Waals surface area (Å²) in [5.41, 5.74) is 0.964. The lowest BCUT2D eigenvalue weighted by molar-refractivity contribution is -0.138. The van der Waals surface area contributed by atoms with Crippen LogP contribution in [-0.4, -0.2) is 57.2 Å². The van der Waals surface area contributed by atoms with Gasteiger partial charge in [-0.1, -0.05) is 0 Å². The summed E-state index contributed by atoms with van der Waals surface area (Å²) in [6.07, 6.45) is 2.09. The molecular formula is C17H25N3O3. The van der Waals surface area contributed by atoms with Crippen LogP contribution in [-0.2, 0) is 4.79 Å². The molecule has 1 aromatic rings. The lowest BCUT2D eigenvalue weighted by Crippen LogP contribution is -2.55. The number of nitrogens with one attached hydrogen (secondary N) is 2. The molecule has 126 valence electrons. The van der Waals surface area contributed by atoms with Crippen molar-refractivity contribution in [3.05, 3.63) is 18.2 Å². The quantitative estimate of drug-likeness (QED) is 0.857. The molecule has 3 rings (SSSR count). The summed E-state index contributed by atoms with van der Waals surface area (Å²) < 4.78 is 10.6. The number of hydrogen-bond acceptors (Lipinski definition) is 5. The zero-order chi connectivity index (χ0) is 16.2. The first kappa shape index (κ1) is 15.9. The van der Waals surface area contributed by atoms with E-state index < -0.39 is 0 Å². The lowest BCUT2D eigenvalue weighted by Gasteiger charge is -2.38. The molecule has 0 spiro atoms. The Labute approximate surface area is 137 Å². The molecule has 2 aliphatic rings. The van der Waals surface area contributed by atoms with E-state index in [1.54, 1.807) is 14.2 Å². The number of amides is 1. The number of likely N-dealkylation sites (tertiary alicyclic amines) is 1. The maximum Gasteiger partial charge on any atom is 0.228 e. The maximum absolute atomic E-state index is 12.4. The second-order valence-electron chi connectivity index (χ2n) is 6.22. The average Bonchev–Trinajstić information content (AvgIpc) is 2.53. The van der Waals surface area contributed by atoms with E-state index in [0.29, 0.717) is 5.91 Å². The number of carbonyl (C=O) groups is 1. The van der Waals surface area contributed by atoms with Crippen LogP contribution in [0.5, 0.6) is 11.5 Å². The Morgan fingerprint density at radius 2 is 1.91 bits per heavy atom. The fourth-order valence-corrected chi connectivity index (χ4v) is 3.14. The van der Waals surface area contributed by atoms with Crippen LogP contribution in [0.15, 0.2) is 18.2 Å². The van der Waals surface area contributed by atoms with Crippen molar-refractivity contribution >= 4 is 11.6 Å². The Hall–Kier alpha value is -1.95. The second kappa shape index (κ2) is 7.08.